The van der Waals surface area contributed by atoms with Crippen LogP contribution in [0.25, 0.3) is 0 Å². The van der Waals surface area contributed by atoms with Crippen LogP contribution in [0.15, 0.2) is 22.4 Å². The molecule has 0 spiro atoms. The van der Waals surface area contributed by atoms with Crippen molar-refractivity contribution in [2.45, 2.75) is 70.0 Å². The summed E-state index contributed by atoms with van der Waals surface area (Å²) in [6.07, 6.45) is 6.70. The van der Waals surface area contributed by atoms with Crippen LogP contribution in [0.1, 0.15) is 66.7 Å². The van der Waals surface area contributed by atoms with Crippen LogP contribution in [-0.2, 0) is 6.54 Å². The molecular formula is C18H24N4OS. The summed E-state index contributed by atoms with van der Waals surface area (Å²) >= 11 is 1.72. The molecule has 2 aliphatic rings. The second kappa shape index (κ2) is 6.76. The van der Waals surface area contributed by atoms with Crippen LogP contribution in [0, 0.1) is 6.92 Å². The van der Waals surface area contributed by atoms with Crippen molar-refractivity contribution in [3.05, 3.63) is 44.3 Å². The Kier molecular flexibility index (Phi) is 4.50. The first-order valence-electron chi connectivity index (χ1n) is 8.93. The number of thiazole rings is 1. The third-order valence-corrected chi connectivity index (χ3v) is 6.22. The molecule has 1 N–H and O–H groups in total. The minimum Gasteiger partial charge on any atom is -0.309 e. The van der Waals surface area contributed by atoms with Gasteiger partial charge in [-0.15, -0.1) is 11.3 Å². The normalized spacial score (nSPS) is 24.2. The van der Waals surface area contributed by atoms with Gasteiger partial charge in [-0.05, 0) is 51.5 Å². The number of aromatic nitrogens is 3. The minimum atomic E-state index is 0.0519. The highest BCUT2D eigenvalue weighted by Crippen LogP contribution is 2.38. The molecule has 4 rings (SSSR count). The Balaban J connectivity index is 1.35. The summed E-state index contributed by atoms with van der Waals surface area (Å²) < 4.78 is 1.76. The number of rotatable bonds is 5. The maximum absolute atomic E-state index is 12.2. The van der Waals surface area contributed by atoms with Crippen LogP contribution in [0.3, 0.4) is 0 Å². The molecule has 6 heteroatoms. The summed E-state index contributed by atoms with van der Waals surface area (Å²) in [6, 6.07) is 4.42. The van der Waals surface area contributed by atoms with Crippen LogP contribution < -0.4 is 10.9 Å². The molecule has 0 bridgehead atoms. The lowest BCUT2D eigenvalue weighted by Gasteiger charge is -2.29. The Morgan fingerprint density at radius 3 is 2.67 bits per heavy atom. The van der Waals surface area contributed by atoms with Crippen molar-refractivity contribution < 1.29 is 0 Å². The van der Waals surface area contributed by atoms with E-state index in [1.165, 1.54) is 17.7 Å². The summed E-state index contributed by atoms with van der Waals surface area (Å²) in [5.41, 5.74) is 4.20. The average Bonchev–Trinajstić information content (AvgIpc) is 3.37. The second-order valence-electron chi connectivity index (χ2n) is 7.06. The van der Waals surface area contributed by atoms with Gasteiger partial charge in [0, 0.05) is 29.4 Å². The first kappa shape index (κ1) is 16.0. The van der Waals surface area contributed by atoms with Gasteiger partial charge in [0.15, 0.2) is 0 Å². The first-order chi connectivity index (χ1) is 11.7. The molecule has 0 aromatic carbocycles. The smallest absolute Gasteiger partial charge is 0.267 e. The summed E-state index contributed by atoms with van der Waals surface area (Å²) in [5, 5.41) is 8.31. The van der Waals surface area contributed by atoms with Crippen molar-refractivity contribution in [2.75, 3.05) is 0 Å². The first-order valence-corrected chi connectivity index (χ1v) is 9.81. The molecule has 2 saturated carbocycles. The molecule has 2 aromatic heterocycles. The Hall–Kier alpha value is -1.53. The zero-order valence-corrected chi connectivity index (χ0v) is 14.9. The van der Waals surface area contributed by atoms with Gasteiger partial charge in [-0.2, -0.15) is 5.10 Å². The largest absolute Gasteiger partial charge is 0.309 e. The van der Waals surface area contributed by atoms with E-state index in [1.54, 1.807) is 22.1 Å². The number of hydrogen-bond acceptors (Lipinski definition) is 5. The molecule has 24 heavy (non-hydrogen) atoms. The molecule has 0 aliphatic heterocycles. The molecule has 2 aromatic rings. The van der Waals surface area contributed by atoms with E-state index in [0.717, 1.165) is 43.6 Å². The van der Waals surface area contributed by atoms with Gasteiger partial charge in [-0.1, -0.05) is 0 Å². The fraction of sp³-hybridized carbons (Fsp3) is 0.611. The van der Waals surface area contributed by atoms with Crippen molar-refractivity contribution in [1.29, 1.82) is 0 Å². The molecule has 128 valence electrons. The SMILES string of the molecule is Cc1ncsc1CNC1CCC(n2nc(C3CC3)ccc2=O)CC1. The fourth-order valence-electron chi connectivity index (χ4n) is 3.56. The molecule has 0 unspecified atom stereocenters. The van der Waals surface area contributed by atoms with E-state index in [2.05, 4.69) is 22.3 Å². The number of hydrogen-bond donors (Lipinski definition) is 1. The molecular weight excluding hydrogens is 320 g/mol. The molecule has 5 nitrogen and oxygen atoms in total. The zero-order chi connectivity index (χ0) is 16.5. The Bertz CT molecular complexity index is 756. The third-order valence-electron chi connectivity index (χ3n) is 5.28. The van der Waals surface area contributed by atoms with Crippen molar-refractivity contribution in [2.24, 2.45) is 0 Å². The molecule has 2 fully saturated rings. The Morgan fingerprint density at radius 1 is 1.21 bits per heavy atom. The van der Waals surface area contributed by atoms with Crippen molar-refractivity contribution in [3.8, 4) is 0 Å². The van der Waals surface area contributed by atoms with Gasteiger partial charge in [-0.25, -0.2) is 9.67 Å². The van der Waals surface area contributed by atoms with Gasteiger partial charge < -0.3 is 5.32 Å². The van der Waals surface area contributed by atoms with Gasteiger partial charge in [0.05, 0.1) is 22.9 Å². The van der Waals surface area contributed by atoms with Crippen molar-refractivity contribution in [3.63, 3.8) is 0 Å². The third kappa shape index (κ3) is 3.44. The molecule has 0 saturated heterocycles. The Morgan fingerprint density at radius 2 is 2.00 bits per heavy atom. The van der Waals surface area contributed by atoms with Crippen molar-refractivity contribution >= 4 is 11.3 Å². The van der Waals surface area contributed by atoms with Crippen LogP contribution in [0.4, 0.5) is 0 Å². The lowest BCUT2D eigenvalue weighted by atomic mass is 9.91. The van der Waals surface area contributed by atoms with E-state index in [9.17, 15) is 4.79 Å². The summed E-state index contributed by atoms with van der Waals surface area (Å²) in [7, 11) is 0. The van der Waals surface area contributed by atoms with E-state index in [0.29, 0.717) is 12.0 Å². The second-order valence-corrected chi connectivity index (χ2v) is 8.00. The van der Waals surface area contributed by atoms with Crippen LogP contribution >= 0.6 is 11.3 Å². The van der Waals surface area contributed by atoms with Gasteiger partial charge in [0.2, 0.25) is 0 Å². The fourth-order valence-corrected chi connectivity index (χ4v) is 4.28. The lowest BCUT2D eigenvalue weighted by molar-refractivity contribution is 0.267. The predicted octanol–water partition coefficient (Wildman–Crippen LogP) is 3.16. The van der Waals surface area contributed by atoms with E-state index in [1.807, 2.05) is 11.6 Å². The molecule has 0 amide bonds. The lowest BCUT2D eigenvalue weighted by Crippen LogP contribution is -2.36. The van der Waals surface area contributed by atoms with Gasteiger partial charge in [0.25, 0.3) is 5.56 Å². The number of nitrogens with zero attached hydrogens (tertiary/aromatic N) is 3. The predicted molar refractivity (Wildman–Crippen MR) is 95.5 cm³/mol. The van der Waals surface area contributed by atoms with E-state index in [-0.39, 0.29) is 11.6 Å². The molecule has 2 heterocycles. The monoisotopic (exact) mass is 344 g/mol. The van der Waals surface area contributed by atoms with Gasteiger partial charge >= 0.3 is 0 Å². The maximum atomic E-state index is 12.2. The van der Waals surface area contributed by atoms with Crippen LogP contribution in [0.5, 0.6) is 0 Å². The summed E-state index contributed by atoms with van der Waals surface area (Å²) in [5.74, 6) is 0.595. The molecule has 0 radical (unpaired) electrons. The standard InChI is InChI=1S/C18H24N4OS/c1-12-17(24-11-20-12)10-19-14-4-6-15(7-5-14)22-18(23)9-8-16(21-22)13-2-3-13/h8-9,11,13-15,19H,2-7,10H2,1H3. The van der Waals surface area contributed by atoms with Crippen LogP contribution in [-0.4, -0.2) is 20.8 Å². The Labute approximate surface area is 146 Å². The highest BCUT2D eigenvalue weighted by Gasteiger charge is 2.28. The van der Waals surface area contributed by atoms with E-state index in [4.69, 9.17) is 0 Å². The zero-order valence-electron chi connectivity index (χ0n) is 14.1. The maximum Gasteiger partial charge on any atom is 0.267 e. The highest BCUT2D eigenvalue weighted by molar-refractivity contribution is 7.09. The highest BCUT2D eigenvalue weighted by atomic mass is 32.1. The molecule has 0 atom stereocenters. The van der Waals surface area contributed by atoms with Gasteiger partial charge in [-0.3, -0.25) is 4.79 Å². The van der Waals surface area contributed by atoms with E-state index >= 15 is 0 Å². The average molecular weight is 344 g/mol. The van der Waals surface area contributed by atoms with Crippen molar-refractivity contribution in [1.82, 2.24) is 20.1 Å². The summed E-state index contributed by atoms with van der Waals surface area (Å²) in [4.78, 5) is 17.8. The van der Waals surface area contributed by atoms with Gasteiger partial charge in [0.1, 0.15) is 0 Å². The quantitative estimate of drug-likeness (QED) is 0.905. The summed E-state index contributed by atoms with van der Waals surface area (Å²) in [6.45, 7) is 2.97. The number of aryl methyl sites for hydroxylation is 1. The van der Waals surface area contributed by atoms with E-state index < -0.39 is 0 Å². The minimum absolute atomic E-state index is 0.0519. The molecule has 2 aliphatic carbocycles. The number of nitrogens with one attached hydrogen (secondary N) is 1. The van der Waals surface area contributed by atoms with Crippen LogP contribution in [0.2, 0.25) is 0 Å². The topological polar surface area (TPSA) is 59.8 Å².